The number of ether oxygens (including phenoxy) is 1. The van der Waals surface area contributed by atoms with E-state index >= 15 is 0 Å². The molecule has 4 N–H and O–H groups in total. The fourth-order valence-corrected chi connectivity index (χ4v) is 4.76. The number of nitrogens with one attached hydrogen (secondary N) is 4. The van der Waals surface area contributed by atoms with Crippen LogP contribution in [0.1, 0.15) is 64.7 Å². The van der Waals surface area contributed by atoms with Crippen molar-refractivity contribution >= 4 is 11.9 Å². The van der Waals surface area contributed by atoms with Gasteiger partial charge in [-0.05, 0) is 64.2 Å². The molecule has 3 rings (SSSR count). The molecule has 0 spiro atoms. The monoisotopic (exact) mass is 429 g/mol. The molecule has 9 heteroatoms. The van der Waals surface area contributed by atoms with E-state index in [1.807, 2.05) is 6.92 Å². The van der Waals surface area contributed by atoms with Gasteiger partial charge in [0.1, 0.15) is 18.5 Å². The lowest BCUT2D eigenvalue weighted by atomic mass is 9.82. The third kappa shape index (κ3) is 6.85. The normalized spacial score (nSPS) is 36.3. The van der Waals surface area contributed by atoms with Crippen LogP contribution in [0.15, 0.2) is 4.99 Å². The summed E-state index contributed by atoms with van der Waals surface area (Å²) in [6.45, 7) is 2.44. The maximum Gasteiger partial charge on any atom is 0.229 e. The van der Waals surface area contributed by atoms with Gasteiger partial charge in [0.2, 0.25) is 5.91 Å². The number of halogens is 2. The summed E-state index contributed by atoms with van der Waals surface area (Å²) in [7, 11) is 1.63. The number of methoxy groups -OCH3 is 1. The van der Waals surface area contributed by atoms with E-state index in [4.69, 9.17) is 9.73 Å². The lowest BCUT2D eigenvalue weighted by molar-refractivity contribution is -0.124. The fourth-order valence-electron chi connectivity index (χ4n) is 4.76. The lowest BCUT2D eigenvalue weighted by Crippen LogP contribution is -2.49. The van der Waals surface area contributed by atoms with Crippen LogP contribution in [-0.2, 0) is 9.53 Å². The van der Waals surface area contributed by atoms with Crippen LogP contribution in [0.5, 0.6) is 0 Å². The second-order valence-corrected chi connectivity index (χ2v) is 9.08. The van der Waals surface area contributed by atoms with Gasteiger partial charge in [-0.15, -0.1) is 0 Å². The zero-order chi connectivity index (χ0) is 21.5. The maximum atomic E-state index is 13.4. The van der Waals surface area contributed by atoms with Crippen molar-refractivity contribution in [3.05, 3.63) is 0 Å². The van der Waals surface area contributed by atoms with Crippen LogP contribution < -0.4 is 21.5 Å². The minimum absolute atomic E-state index is 0.0272. The van der Waals surface area contributed by atoms with Crippen molar-refractivity contribution in [2.75, 3.05) is 13.7 Å². The highest BCUT2D eigenvalue weighted by Crippen LogP contribution is 2.31. The van der Waals surface area contributed by atoms with Gasteiger partial charge < -0.3 is 10.1 Å². The minimum Gasteiger partial charge on any atom is -0.383 e. The summed E-state index contributed by atoms with van der Waals surface area (Å²) >= 11 is 0. The van der Waals surface area contributed by atoms with Crippen LogP contribution in [0, 0.1) is 11.8 Å². The minimum atomic E-state index is -0.791. The Morgan fingerprint density at radius 2 is 1.70 bits per heavy atom. The van der Waals surface area contributed by atoms with Crippen LogP contribution in [0.25, 0.3) is 0 Å². The number of guanidine groups is 1. The molecule has 2 saturated carbocycles. The molecule has 0 aromatic carbocycles. The molecule has 0 bridgehead atoms. The number of nitrogens with zero attached hydrogens (tertiary/aromatic N) is 1. The Morgan fingerprint density at radius 3 is 2.33 bits per heavy atom. The second-order valence-electron chi connectivity index (χ2n) is 9.08. The standard InChI is InChI=1S/C21H37F2N5O2/c1-13(12-30-2)24-21(26-20(29)15-5-9-17(23)10-6-15)25-19-11-18(27-28-19)14-3-7-16(22)8-4-14/h13-19,27-28H,3-12H2,1-2H3,(H2,24,25,26,29)/t13-,14?,15?,16?,17?,18?,19?/m1/s1. The van der Waals surface area contributed by atoms with Crippen molar-refractivity contribution in [2.24, 2.45) is 16.8 Å². The number of rotatable bonds is 6. The molecule has 1 aliphatic heterocycles. The quantitative estimate of drug-likeness (QED) is 0.385. The van der Waals surface area contributed by atoms with Gasteiger partial charge >= 0.3 is 0 Å². The van der Waals surface area contributed by atoms with E-state index in [1.165, 1.54) is 0 Å². The van der Waals surface area contributed by atoms with E-state index in [9.17, 15) is 13.6 Å². The smallest absolute Gasteiger partial charge is 0.229 e. The van der Waals surface area contributed by atoms with Crippen molar-refractivity contribution in [1.82, 2.24) is 21.5 Å². The summed E-state index contributed by atoms with van der Waals surface area (Å²) in [6.07, 6.45) is 4.21. The summed E-state index contributed by atoms with van der Waals surface area (Å²) in [5.41, 5.74) is 6.52. The molecule has 2 aliphatic carbocycles. The van der Waals surface area contributed by atoms with Crippen LogP contribution in [0.3, 0.4) is 0 Å². The van der Waals surface area contributed by atoms with Crippen LogP contribution in [0.4, 0.5) is 8.78 Å². The van der Waals surface area contributed by atoms with Gasteiger partial charge in [-0.1, -0.05) is 0 Å². The van der Waals surface area contributed by atoms with E-state index in [0.29, 0.717) is 57.0 Å². The van der Waals surface area contributed by atoms with Gasteiger partial charge in [0.25, 0.3) is 0 Å². The van der Waals surface area contributed by atoms with Crippen molar-refractivity contribution in [1.29, 1.82) is 0 Å². The van der Waals surface area contributed by atoms with Gasteiger partial charge in [0, 0.05) is 31.5 Å². The largest absolute Gasteiger partial charge is 0.383 e. The van der Waals surface area contributed by atoms with Crippen molar-refractivity contribution in [3.63, 3.8) is 0 Å². The molecule has 3 aliphatic rings. The maximum absolute atomic E-state index is 13.4. The van der Waals surface area contributed by atoms with Crippen LogP contribution >= 0.6 is 0 Å². The summed E-state index contributed by atoms with van der Waals surface area (Å²) in [5.74, 6) is 0.569. The van der Waals surface area contributed by atoms with Gasteiger partial charge in [-0.25, -0.2) is 19.2 Å². The number of hydrazine groups is 1. The average Bonchev–Trinajstić information content (AvgIpc) is 3.17. The highest BCUT2D eigenvalue weighted by Gasteiger charge is 2.33. The highest BCUT2D eigenvalue weighted by molar-refractivity contribution is 5.98. The molecule has 0 aromatic rings. The third-order valence-corrected chi connectivity index (χ3v) is 6.54. The molecular weight excluding hydrogens is 392 g/mol. The van der Waals surface area contributed by atoms with Crippen molar-refractivity contribution in [3.8, 4) is 0 Å². The molecule has 2 unspecified atom stereocenters. The van der Waals surface area contributed by atoms with Gasteiger partial charge in [0.15, 0.2) is 5.96 Å². The predicted molar refractivity (Wildman–Crippen MR) is 112 cm³/mol. The van der Waals surface area contributed by atoms with E-state index in [1.54, 1.807) is 7.11 Å². The summed E-state index contributed by atoms with van der Waals surface area (Å²) in [5, 5.41) is 6.15. The number of aliphatic imine (C=N–C) groups is 1. The van der Waals surface area contributed by atoms with E-state index in [2.05, 4.69) is 21.5 Å². The number of hydrogen-bond acceptors (Lipinski definition) is 5. The Morgan fingerprint density at radius 1 is 1.07 bits per heavy atom. The topological polar surface area (TPSA) is 86.8 Å². The van der Waals surface area contributed by atoms with Gasteiger partial charge in [-0.3, -0.25) is 15.5 Å². The molecule has 1 saturated heterocycles. The first-order valence-electron chi connectivity index (χ1n) is 11.4. The lowest BCUT2D eigenvalue weighted by Gasteiger charge is -2.28. The zero-order valence-corrected chi connectivity index (χ0v) is 18.1. The molecule has 7 nitrogen and oxygen atoms in total. The Hall–Kier alpha value is -1.32. The molecule has 30 heavy (non-hydrogen) atoms. The Labute approximate surface area is 178 Å². The Balaban J connectivity index is 1.58. The zero-order valence-electron chi connectivity index (χ0n) is 18.1. The average molecular weight is 430 g/mol. The van der Waals surface area contributed by atoms with Crippen LogP contribution in [-0.4, -0.2) is 56.2 Å². The van der Waals surface area contributed by atoms with E-state index in [0.717, 1.165) is 19.3 Å². The highest BCUT2D eigenvalue weighted by atomic mass is 19.1. The Bertz CT molecular complexity index is 578. The molecule has 3 fully saturated rings. The summed E-state index contributed by atoms with van der Waals surface area (Å²) in [6, 6.07) is 0.222. The summed E-state index contributed by atoms with van der Waals surface area (Å²) in [4.78, 5) is 17.4. The molecule has 0 aromatic heterocycles. The van der Waals surface area contributed by atoms with Crippen LogP contribution in [0.2, 0.25) is 0 Å². The van der Waals surface area contributed by atoms with Gasteiger partial charge in [0.05, 0.1) is 6.61 Å². The molecule has 1 heterocycles. The van der Waals surface area contributed by atoms with E-state index in [-0.39, 0.29) is 30.1 Å². The first kappa shape index (κ1) is 23.3. The molecular formula is C21H37F2N5O2. The fraction of sp³-hybridized carbons (Fsp3) is 0.905. The number of amides is 1. The third-order valence-electron chi connectivity index (χ3n) is 6.54. The molecule has 3 atom stereocenters. The second kappa shape index (κ2) is 11.3. The Kier molecular flexibility index (Phi) is 8.83. The predicted octanol–water partition coefficient (Wildman–Crippen LogP) is 2.33. The van der Waals surface area contributed by atoms with Gasteiger partial charge in [-0.2, -0.15) is 0 Å². The number of hydrogen-bond donors (Lipinski definition) is 4. The van der Waals surface area contributed by atoms with Crippen molar-refractivity contribution in [2.45, 2.75) is 95.3 Å². The number of alkyl halides is 2. The van der Waals surface area contributed by atoms with Crippen molar-refractivity contribution < 1.29 is 18.3 Å². The van der Waals surface area contributed by atoms with E-state index < -0.39 is 12.3 Å². The molecule has 0 radical (unpaired) electrons. The summed E-state index contributed by atoms with van der Waals surface area (Å²) < 4.78 is 32.0. The molecule has 1 amide bonds. The first-order chi connectivity index (χ1) is 14.4. The number of carbonyl (C=O) groups is 1. The SMILES string of the molecule is COC[C@@H](C)N/C(=N\C1CC(C2CCC(F)CC2)NN1)NC(=O)C1CCC(F)CC1. The number of carbonyl (C=O) groups excluding carboxylic acids is 1. The molecule has 172 valence electrons. The first-order valence-corrected chi connectivity index (χ1v) is 11.4.